The van der Waals surface area contributed by atoms with Crippen LogP contribution in [0.4, 0.5) is 0 Å². The predicted molar refractivity (Wildman–Crippen MR) is 81.4 cm³/mol. The molecule has 6 nitrogen and oxygen atoms in total. The van der Waals surface area contributed by atoms with Crippen molar-refractivity contribution in [2.24, 2.45) is 7.05 Å². The van der Waals surface area contributed by atoms with Gasteiger partial charge >= 0.3 is 5.97 Å². The monoisotopic (exact) mass is 308 g/mol. The minimum Gasteiger partial charge on any atom is -0.480 e. The van der Waals surface area contributed by atoms with Crippen molar-refractivity contribution in [3.05, 3.63) is 33.0 Å². The zero-order valence-electron chi connectivity index (χ0n) is 12.9. The van der Waals surface area contributed by atoms with Gasteiger partial charge in [0.2, 0.25) is 0 Å². The number of hydrogen-bond donors (Lipinski definition) is 1. The van der Waals surface area contributed by atoms with E-state index in [4.69, 9.17) is 0 Å². The molecule has 2 rings (SSSR count). The summed E-state index contributed by atoms with van der Waals surface area (Å²) in [5, 5.41) is 16.9. The van der Waals surface area contributed by atoms with E-state index in [1.54, 1.807) is 28.0 Å². The number of hydrogen-bond acceptors (Lipinski definition) is 5. The number of thiazole rings is 1. The molecule has 2 heterocycles. The molecule has 0 radical (unpaired) electrons. The van der Waals surface area contributed by atoms with Gasteiger partial charge in [-0.2, -0.15) is 5.10 Å². The van der Waals surface area contributed by atoms with Gasteiger partial charge in [-0.25, -0.2) is 4.98 Å². The van der Waals surface area contributed by atoms with E-state index in [0.29, 0.717) is 6.54 Å². The minimum absolute atomic E-state index is 0.495. The molecule has 1 atom stereocenters. The molecule has 0 saturated carbocycles. The largest absolute Gasteiger partial charge is 0.480 e. The van der Waals surface area contributed by atoms with Crippen LogP contribution in [0.3, 0.4) is 0 Å². The second-order valence-corrected chi connectivity index (χ2v) is 6.28. The van der Waals surface area contributed by atoms with Crippen molar-refractivity contribution in [1.29, 1.82) is 0 Å². The summed E-state index contributed by atoms with van der Waals surface area (Å²) in [6, 6.07) is -0.722. The van der Waals surface area contributed by atoms with Gasteiger partial charge in [0.1, 0.15) is 6.04 Å². The molecule has 1 N–H and O–H groups in total. The van der Waals surface area contributed by atoms with Crippen LogP contribution in [-0.4, -0.2) is 37.8 Å². The average Bonchev–Trinajstić information content (AvgIpc) is 2.88. The molecule has 0 unspecified atom stereocenters. The Hall–Kier alpha value is -1.73. The Bertz CT molecular complexity index is 662. The summed E-state index contributed by atoms with van der Waals surface area (Å²) < 4.78 is 1.72. The van der Waals surface area contributed by atoms with E-state index in [-0.39, 0.29) is 0 Å². The topological polar surface area (TPSA) is 71.2 Å². The van der Waals surface area contributed by atoms with E-state index in [2.05, 4.69) is 10.1 Å². The molecule has 7 heteroatoms. The van der Waals surface area contributed by atoms with Crippen LogP contribution in [0.25, 0.3) is 0 Å². The van der Waals surface area contributed by atoms with Gasteiger partial charge in [-0.1, -0.05) is 0 Å². The van der Waals surface area contributed by atoms with Crippen LogP contribution in [0, 0.1) is 20.8 Å². The number of aliphatic carboxylic acids is 1. The molecular weight excluding hydrogens is 288 g/mol. The molecule has 2 aromatic rings. The molecule has 114 valence electrons. The lowest BCUT2D eigenvalue weighted by atomic mass is 10.0. The maximum atomic E-state index is 11.8. The van der Waals surface area contributed by atoms with Gasteiger partial charge < -0.3 is 5.11 Å². The van der Waals surface area contributed by atoms with Crippen LogP contribution >= 0.6 is 11.3 Å². The molecule has 0 aromatic carbocycles. The highest BCUT2D eigenvalue weighted by atomic mass is 32.1. The third-order valence-electron chi connectivity index (χ3n) is 3.59. The van der Waals surface area contributed by atoms with E-state index in [0.717, 1.165) is 27.7 Å². The van der Waals surface area contributed by atoms with E-state index < -0.39 is 12.0 Å². The Labute approximate surface area is 128 Å². The zero-order chi connectivity index (χ0) is 15.7. The van der Waals surface area contributed by atoms with Gasteiger partial charge in [0.25, 0.3) is 0 Å². The number of carboxylic acid groups (broad SMARTS) is 1. The van der Waals surface area contributed by atoms with Crippen LogP contribution in [0.5, 0.6) is 0 Å². The Kier molecular flexibility index (Phi) is 4.43. The van der Waals surface area contributed by atoms with Gasteiger partial charge in [0.05, 0.1) is 16.4 Å². The summed E-state index contributed by atoms with van der Waals surface area (Å²) >= 11 is 1.57. The highest BCUT2D eigenvalue weighted by Gasteiger charge is 2.30. The van der Waals surface area contributed by atoms with Gasteiger partial charge in [-0.15, -0.1) is 11.3 Å². The number of rotatable bonds is 5. The number of nitrogens with zero attached hydrogens (tertiary/aromatic N) is 4. The molecule has 0 bridgehead atoms. The Morgan fingerprint density at radius 3 is 2.57 bits per heavy atom. The van der Waals surface area contributed by atoms with E-state index >= 15 is 0 Å². The molecule has 0 amide bonds. The van der Waals surface area contributed by atoms with Crippen LogP contribution in [-0.2, 0) is 18.4 Å². The van der Waals surface area contributed by atoms with E-state index in [1.807, 2.05) is 33.2 Å². The molecule has 0 aliphatic rings. The number of aryl methyl sites for hydroxylation is 3. The highest BCUT2D eigenvalue weighted by molar-refractivity contribution is 7.09. The maximum Gasteiger partial charge on any atom is 0.325 e. The number of carboxylic acids is 1. The lowest BCUT2D eigenvalue weighted by Gasteiger charge is -2.24. The summed E-state index contributed by atoms with van der Waals surface area (Å²) in [6.07, 6.45) is 0. The first-order valence-electron chi connectivity index (χ1n) is 6.65. The van der Waals surface area contributed by atoms with Crippen molar-refractivity contribution in [2.45, 2.75) is 33.4 Å². The van der Waals surface area contributed by atoms with Crippen molar-refractivity contribution >= 4 is 17.3 Å². The second-order valence-electron chi connectivity index (χ2n) is 5.22. The fourth-order valence-corrected chi connectivity index (χ4v) is 3.15. The van der Waals surface area contributed by atoms with E-state index in [9.17, 15) is 9.90 Å². The molecule has 0 aliphatic heterocycles. The fraction of sp³-hybridized carbons (Fsp3) is 0.500. The van der Waals surface area contributed by atoms with E-state index in [1.165, 1.54) is 0 Å². The summed E-state index contributed by atoms with van der Waals surface area (Å²) in [7, 11) is 3.63. The van der Waals surface area contributed by atoms with Crippen LogP contribution < -0.4 is 0 Å². The third-order valence-corrected chi connectivity index (χ3v) is 4.41. The Morgan fingerprint density at radius 1 is 1.48 bits per heavy atom. The first-order chi connectivity index (χ1) is 9.81. The lowest BCUT2D eigenvalue weighted by Crippen LogP contribution is -2.31. The zero-order valence-corrected chi connectivity index (χ0v) is 13.7. The molecule has 21 heavy (non-hydrogen) atoms. The number of likely N-dealkylation sites (N-methyl/N-ethyl adjacent to an activating group) is 1. The fourth-order valence-electron chi connectivity index (χ4n) is 2.55. The predicted octanol–water partition coefficient (Wildman–Crippen LogP) is 2.06. The minimum atomic E-state index is -0.872. The first-order valence-corrected chi connectivity index (χ1v) is 7.53. The molecule has 0 saturated heterocycles. The highest BCUT2D eigenvalue weighted by Crippen LogP contribution is 2.27. The molecule has 0 spiro atoms. The smallest absolute Gasteiger partial charge is 0.325 e. The van der Waals surface area contributed by atoms with Crippen LogP contribution in [0.1, 0.15) is 33.7 Å². The second kappa shape index (κ2) is 5.95. The van der Waals surface area contributed by atoms with Crippen molar-refractivity contribution in [2.75, 3.05) is 7.05 Å². The molecular formula is C14H20N4O2S. The first kappa shape index (κ1) is 15.7. The Morgan fingerprint density at radius 2 is 2.14 bits per heavy atom. The molecule has 0 aliphatic carbocycles. The maximum absolute atomic E-state index is 11.8. The quantitative estimate of drug-likeness (QED) is 0.915. The van der Waals surface area contributed by atoms with Crippen molar-refractivity contribution in [1.82, 2.24) is 19.7 Å². The Balaban J connectivity index is 2.32. The normalized spacial score (nSPS) is 12.9. The SMILES string of the molecule is Cc1nc(CN(C)[C@@H](C(=O)O)c2c(C)nn(C)c2C)cs1. The summed E-state index contributed by atoms with van der Waals surface area (Å²) in [6.45, 7) is 6.18. The van der Waals surface area contributed by atoms with Crippen molar-refractivity contribution in [3.63, 3.8) is 0 Å². The molecule has 0 fully saturated rings. The van der Waals surface area contributed by atoms with Gasteiger partial charge in [0.15, 0.2) is 0 Å². The van der Waals surface area contributed by atoms with Crippen LogP contribution in [0.2, 0.25) is 0 Å². The molecule has 2 aromatic heterocycles. The number of aromatic nitrogens is 3. The average molecular weight is 308 g/mol. The van der Waals surface area contributed by atoms with Gasteiger partial charge in [-0.3, -0.25) is 14.4 Å². The van der Waals surface area contributed by atoms with Gasteiger partial charge in [0, 0.05) is 30.2 Å². The lowest BCUT2D eigenvalue weighted by molar-refractivity contribution is -0.143. The summed E-state index contributed by atoms with van der Waals surface area (Å²) in [4.78, 5) is 18.0. The van der Waals surface area contributed by atoms with Gasteiger partial charge in [-0.05, 0) is 27.8 Å². The van der Waals surface area contributed by atoms with Crippen molar-refractivity contribution in [3.8, 4) is 0 Å². The number of carbonyl (C=O) groups is 1. The van der Waals surface area contributed by atoms with Crippen molar-refractivity contribution < 1.29 is 9.90 Å². The van der Waals surface area contributed by atoms with Crippen LogP contribution in [0.15, 0.2) is 5.38 Å². The summed E-state index contributed by atoms with van der Waals surface area (Å²) in [5.41, 5.74) is 3.29. The summed E-state index contributed by atoms with van der Waals surface area (Å²) in [5.74, 6) is -0.872. The standard InChI is InChI=1S/C14H20N4O2S/c1-8-12(9(2)18(5)16-8)13(14(19)20)17(4)6-11-7-21-10(3)15-11/h7,13H,6H2,1-5H3,(H,19,20)/t13-/m1/s1. The third kappa shape index (κ3) is 3.14.